The van der Waals surface area contributed by atoms with E-state index in [0.29, 0.717) is 12.6 Å². The van der Waals surface area contributed by atoms with E-state index in [1.807, 2.05) is 25.1 Å². The molecule has 0 aliphatic heterocycles. The number of carbonyl (C=O) groups is 1. The van der Waals surface area contributed by atoms with Crippen LogP contribution in [0.15, 0.2) is 24.3 Å². The Balaban J connectivity index is 2.40. The van der Waals surface area contributed by atoms with Crippen LogP contribution in [-0.2, 0) is 16.0 Å². The van der Waals surface area contributed by atoms with Crippen molar-refractivity contribution >= 4 is 16.9 Å². The normalized spacial score (nSPS) is 12.8. The van der Waals surface area contributed by atoms with Crippen LogP contribution < -0.4 is 5.32 Å². The highest BCUT2D eigenvalue weighted by Gasteiger charge is 2.19. The van der Waals surface area contributed by atoms with E-state index in [1.165, 1.54) is 0 Å². The van der Waals surface area contributed by atoms with Gasteiger partial charge in [-0.25, -0.2) is 0 Å². The van der Waals surface area contributed by atoms with Crippen molar-refractivity contribution in [1.29, 1.82) is 0 Å². The first kappa shape index (κ1) is 15.6. The minimum atomic E-state index is -0.193. The van der Waals surface area contributed by atoms with E-state index in [2.05, 4.69) is 37.1 Å². The number of hydrogen-bond acceptors (Lipinski definition) is 3. The molecule has 0 bridgehead atoms. The lowest BCUT2D eigenvalue weighted by Gasteiger charge is -2.18. The van der Waals surface area contributed by atoms with E-state index in [1.54, 1.807) is 0 Å². The number of aromatic nitrogens is 1. The smallest absolute Gasteiger partial charge is 0.311 e. The average molecular weight is 288 g/mol. The van der Waals surface area contributed by atoms with Gasteiger partial charge in [0.15, 0.2) is 0 Å². The molecule has 0 aliphatic carbocycles. The Hall–Kier alpha value is -1.81. The lowest BCUT2D eigenvalue weighted by atomic mass is 10.0. The van der Waals surface area contributed by atoms with Crippen molar-refractivity contribution in [3.05, 3.63) is 35.5 Å². The largest absolute Gasteiger partial charge is 0.466 e. The molecular formula is C17H24N2O2. The molecule has 4 nitrogen and oxygen atoms in total. The molecule has 2 aromatic rings. The number of rotatable bonds is 6. The second-order valence-corrected chi connectivity index (χ2v) is 5.59. The minimum absolute atomic E-state index is 0.172. The Morgan fingerprint density at radius 2 is 2.00 bits per heavy atom. The van der Waals surface area contributed by atoms with Crippen LogP contribution in [0.25, 0.3) is 10.9 Å². The standard InChI is InChI=1S/C17H24N2O2/c1-5-21-16(20)10-15-17(12(4)18-11(2)3)13-8-6-7-9-14(13)19-15/h6-9,11-12,18-19H,5,10H2,1-4H3. The Labute approximate surface area is 125 Å². The second-order valence-electron chi connectivity index (χ2n) is 5.59. The fourth-order valence-electron chi connectivity index (χ4n) is 2.79. The van der Waals surface area contributed by atoms with Crippen molar-refractivity contribution in [2.24, 2.45) is 0 Å². The van der Waals surface area contributed by atoms with E-state index in [-0.39, 0.29) is 18.4 Å². The molecule has 1 aromatic carbocycles. The van der Waals surface area contributed by atoms with Crippen molar-refractivity contribution in [3.8, 4) is 0 Å². The molecule has 114 valence electrons. The predicted molar refractivity (Wildman–Crippen MR) is 85.3 cm³/mol. The maximum absolute atomic E-state index is 11.8. The Kier molecular flexibility index (Phi) is 5.02. The molecule has 1 heterocycles. The number of fused-ring (bicyclic) bond motifs is 1. The molecule has 21 heavy (non-hydrogen) atoms. The zero-order valence-corrected chi connectivity index (χ0v) is 13.2. The van der Waals surface area contributed by atoms with E-state index < -0.39 is 0 Å². The molecule has 0 saturated heterocycles. The number of carbonyl (C=O) groups excluding carboxylic acids is 1. The summed E-state index contributed by atoms with van der Waals surface area (Å²) in [6, 6.07) is 8.70. The van der Waals surface area contributed by atoms with E-state index in [4.69, 9.17) is 4.74 Å². The molecule has 0 saturated carbocycles. The number of para-hydroxylation sites is 1. The van der Waals surface area contributed by atoms with Crippen molar-refractivity contribution in [2.45, 2.75) is 46.2 Å². The van der Waals surface area contributed by atoms with E-state index in [0.717, 1.165) is 22.2 Å². The van der Waals surface area contributed by atoms with Crippen molar-refractivity contribution in [1.82, 2.24) is 10.3 Å². The number of benzene rings is 1. The molecule has 0 aliphatic rings. The third-order valence-corrected chi connectivity index (χ3v) is 3.47. The van der Waals surface area contributed by atoms with Crippen LogP contribution in [0.5, 0.6) is 0 Å². The zero-order valence-electron chi connectivity index (χ0n) is 13.2. The van der Waals surface area contributed by atoms with Gasteiger partial charge in [0, 0.05) is 28.7 Å². The van der Waals surface area contributed by atoms with Gasteiger partial charge in [-0.3, -0.25) is 4.79 Å². The summed E-state index contributed by atoms with van der Waals surface area (Å²) in [6.07, 6.45) is 0.280. The first-order valence-corrected chi connectivity index (χ1v) is 7.54. The van der Waals surface area contributed by atoms with Gasteiger partial charge >= 0.3 is 5.97 Å². The number of ether oxygens (including phenoxy) is 1. The summed E-state index contributed by atoms with van der Waals surface area (Å²) in [5, 5.41) is 4.68. The van der Waals surface area contributed by atoms with Gasteiger partial charge in [0.25, 0.3) is 0 Å². The summed E-state index contributed by atoms with van der Waals surface area (Å²) in [4.78, 5) is 15.2. The number of esters is 1. The molecule has 0 radical (unpaired) electrons. The van der Waals surface area contributed by atoms with Crippen molar-refractivity contribution in [2.75, 3.05) is 6.61 Å². The fourth-order valence-corrected chi connectivity index (χ4v) is 2.79. The molecule has 4 heteroatoms. The molecule has 1 unspecified atom stereocenters. The van der Waals surface area contributed by atoms with Gasteiger partial charge in [0.05, 0.1) is 13.0 Å². The van der Waals surface area contributed by atoms with Crippen LogP contribution in [0, 0.1) is 0 Å². The van der Waals surface area contributed by atoms with Crippen molar-refractivity contribution in [3.63, 3.8) is 0 Å². The summed E-state index contributed by atoms with van der Waals surface area (Å²) >= 11 is 0. The van der Waals surface area contributed by atoms with Gasteiger partial charge in [0.1, 0.15) is 0 Å². The highest BCUT2D eigenvalue weighted by Crippen LogP contribution is 2.28. The maximum atomic E-state index is 11.8. The molecule has 0 amide bonds. The molecular weight excluding hydrogens is 264 g/mol. The van der Waals surface area contributed by atoms with E-state index in [9.17, 15) is 4.79 Å². The molecule has 1 aromatic heterocycles. The van der Waals surface area contributed by atoms with Crippen LogP contribution in [0.1, 0.15) is 45.0 Å². The topological polar surface area (TPSA) is 54.1 Å². The highest BCUT2D eigenvalue weighted by atomic mass is 16.5. The monoisotopic (exact) mass is 288 g/mol. The molecule has 0 fully saturated rings. The quantitative estimate of drug-likeness (QED) is 0.802. The molecule has 2 N–H and O–H groups in total. The third-order valence-electron chi connectivity index (χ3n) is 3.47. The van der Waals surface area contributed by atoms with Gasteiger partial charge < -0.3 is 15.0 Å². The van der Waals surface area contributed by atoms with Crippen LogP contribution in [0.3, 0.4) is 0 Å². The summed E-state index contributed by atoms with van der Waals surface area (Å²) in [5.41, 5.74) is 3.16. The second kappa shape index (κ2) is 6.76. The Bertz CT molecular complexity index is 616. The molecule has 1 atom stereocenters. The summed E-state index contributed by atoms with van der Waals surface area (Å²) in [7, 11) is 0. The minimum Gasteiger partial charge on any atom is -0.466 e. The average Bonchev–Trinajstić information content (AvgIpc) is 2.75. The summed E-state index contributed by atoms with van der Waals surface area (Å²) < 4.78 is 5.08. The Morgan fingerprint density at radius 3 is 2.67 bits per heavy atom. The summed E-state index contributed by atoms with van der Waals surface area (Å²) in [6.45, 7) is 8.61. The highest BCUT2D eigenvalue weighted by molar-refractivity contribution is 5.87. The van der Waals surface area contributed by atoms with Crippen LogP contribution in [0.4, 0.5) is 0 Å². The predicted octanol–water partition coefficient (Wildman–Crippen LogP) is 3.33. The lowest BCUT2D eigenvalue weighted by molar-refractivity contribution is -0.142. The maximum Gasteiger partial charge on any atom is 0.311 e. The zero-order chi connectivity index (χ0) is 15.4. The number of aromatic amines is 1. The van der Waals surface area contributed by atoms with Crippen LogP contribution in [-0.4, -0.2) is 23.6 Å². The Morgan fingerprint density at radius 1 is 1.29 bits per heavy atom. The van der Waals surface area contributed by atoms with Gasteiger partial charge in [-0.1, -0.05) is 32.0 Å². The van der Waals surface area contributed by atoms with Gasteiger partial charge in [0.2, 0.25) is 0 Å². The molecule has 2 rings (SSSR count). The molecule has 0 spiro atoms. The van der Waals surface area contributed by atoms with Crippen LogP contribution in [0.2, 0.25) is 0 Å². The fraction of sp³-hybridized carbons (Fsp3) is 0.471. The van der Waals surface area contributed by atoms with Crippen molar-refractivity contribution < 1.29 is 9.53 Å². The number of hydrogen-bond donors (Lipinski definition) is 2. The van der Waals surface area contributed by atoms with E-state index >= 15 is 0 Å². The van der Waals surface area contributed by atoms with Gasteiger partial charge in [-0.15, -0.1) is 0 Å². The van der Waals surface area contributed by atoms with Crippen LogP contribution >= 0.6 is 0 Å². The number of nitrogens with one attached hydrogen (secondary N) is 2. The first-order chi connectivity index (χ1) is 10.0. The lowest BCUT2D eigenvalue weighted by Crippen LogP contribution is -2.27. The summed E-state index contributed by atoms with van der Waals surface area (Å²) in [5.74, 6) is -0.193. The third kappa shape index (κ3) is 3.64. The SMILES string of the molecule is CCOC(=O)Cc1[nH]c2ccccc2c1C(C)NC(C)C. The van der Waals surface area contributed by atoms with Gasteiger partial charge in [-0.05, 0) is 25.5 Å². The number of H-pyrrole nitrogens is 1. The first-order valence-electron chi connectivity index (χ1n) is 7.54. The van der Waals surface area contributed by atoms with Gasteiger partial charge in [-0.2, -0.15) is 0 Å².